The fourth-order valence-electron chi connectivity index (χ4n) is 0.840. The molecule has 0 saturated heterocycles. The number of anilines is 1. The van der Waals surface area contributed by atoms with Gasteiger partial charge in [0.05, 0.1) is 11.7 Å². The molecule has 0 aliphatic heterocycles. The Bertz CT molecular complexity index is 353. The van der Waals surface area contributed by atoms with Gasteiger partial charge >= 0.3 is 0 Å². The van der Waals surface area contributed by atoms with E-state index in [1.165, 1.54) is 6.92 Å². The Balaban J connectivity index is 2.86. The maximum Gasteiger partial charge on any atom is 0.241 e. The third-order valence-electron chi connectivity index (χ3n) is 1.60. The Hall–Kier alpha value is -1.49. The Kier molecular flexibility index (Phi) is 3.14. The van der Waals surface area contributed by atoms with Gasteiger partial charge in [0.15, 0.2) is 0 Å². The number of nitrogens with one attached hydrogen (secondary N) is 1. The summed E-state index contributed by atoms with van der Waals surface area (Å²) in [5, 5.41) is 2.17. The Morgan fingerprint density at radius 1 is 1.50 bits per heavy atom. The van der Waals surface area contributed by atoms with E-state index in [9.17, 15) is 13.6 Å². The highest BCUT2D eigenvalue weighted by Crippen LogP contribution is 2.15. The van der Waals surface area contributed by atoms with E-state index in [0.29, 0.717) is 0 Å². The van der Waals surface area contributed by atoms with E-state index in [4.69, 9.17) is 5.73 Å². The molecule has 0 fully saturated rings. The largest absolute Gasteiger partial charge is 0.322 e. The Labute approximate surface area is 79.9 Å². The first-order chi connectivity index (χ1) is 6.50. The van der Waals surface area contributed by atoms with Gasteiger partial charge in [-0.3, -0.25) is 4.79 Å². The van der Waals surface area contributed by atoms with Gasteiger partial charge in [0, 0.05) is 6.07 Å². The SMILES string of the molecule is C[C@H](N)C(=O)Nc1cc(F)ccc1F. The van der Waals surface area contributed by atoms with E-state index in [0.717, 1.165) is 18.2 Å². The third-order valence-corrected chi connectivity index (χ3v) is 1.60. The minimum absolute atomic E-state index is 0.202. The average molecular weight is 200 g/mol. The predicted molar refractivity (Wildman–Crippen MR) is 48.6 cm³/mol. The fraction of sp³-hybridized carbons (Fsp3) is 0.222. The molecule has 76 valence electrons. The summed E-state index contributed by atoms with van der Waals surface area (Å²) in [6, 6.07) is 2.04. The van der Waals surface area contributed by atoms with E-state index in [1.807, 2.05) is 0 Å². The number of amides is 1. The first-order valence-electron chi connectivity index (χ1n) is 4.02. The second-order valence-corrected chi connectivity index (χ2v) is 2.90. The molecule has 1 rings (SSSR count). The van der Waals surface area contributed by atoms with Crippen LogP contribution in [0.15, 0.2) is 18.2 Å². The summed E-state index contributed by atoms with van der Waals surface area (Å²) in [5.74, 6) is -1.87. The topological polar surface area (TPSA) is 55.1 Å². The molecule has 0 heterocycles. The van der Waals surface area contributed by atoms with Crippen molar-refractivity contribution in [2.24, 2.45) is 5.73 Å². The second-order valence-electron chi connectivity index (χ2n) is 2.90. The minimum atomic E-state index is -0.766. The van der Waals surface area contributed by atoms with Gasteiger partial charge in [0.2, 0.25) is 5.91 Å². The number of hydrogen-bond acceptors (Lipinski definition) is 2. The lowest BCUT2D eigenvalue weighted by molar-refractivity contribution is -0.117. The summed E-state index contributed by atoms with van der Waals surface area (Å²) in [6.45, 7) is 1.45. The summed E-state index contributed by atoms with van der Waals surface area (Å²) in [5.41, 5.74) is 5.04. The molecule has 1 aromatic carbocycles. The molecule has 0 aromatic heterocycles. The first-order valence-corrected chi connectivity index (χ1v) is 4.02. The Morgan fingerprint density at radius 3 is 2.71 bits per heavy atom. The van der Waals surface area contributed by atoms with Gasteiger partial charge < -0.3 is 11.1 Å². The molecular formula is C9H10F2N2O. The molecule has 5 heteroatoms. The van der Waals surface area contributed by atoms with Crippen LogP contribution >= 0.6 is 0 Å². The summed E-state index contributed by atoms with van der Waals surface area (Å²) in [6.07, 6.45) is 0. The van der Waals surface area contributed by atoms with Crippen LogP contribution in [0.25, 0.3) is 0 Å². The maximum atomic E-state index is 13.0. The summed E-state index contributed by atoms with van der Waals surface area (Å²) < 4.78 is 25.6. The quantitative estimate of drug-likeness (QED) is 0.754. The van der Waals surface area contributed by atoms with Gasteiger partial charge in [-0.05, 0) is 19.1 Å². The molecule has 3 nitrogen and oxygen atoms in total. The van der Waals surface area contributed by atoms with Crippen LogP contribution in [-0.2, 0) is 4.79 Å². The van der Waals surface area contributed by atoms with Crippen LogP contribution < -0.4 is 11.1 Å². The van der Waals surface area contributed by atoms with Crippen molar-refractivity contribution in [3.05, 3.63) is 29.8 Å². The zero-order chi connectivity index (χ0) is 10.7. The maximum absolute atomic E-state index is 13.0. The lowest BCUT2D eigenvalue weighted by Crippen LogP contribution is -2.32. The van der Waals surface area contributed by atoms with Crippen LogP contribution in [-0.4, -0.2) is 11.9 Å². The number of halogens is 2. The zero-order valence-corrected chi connectivity index (χ0v) is 7.55. The molecule has 1 aromatic rings. The highest BCUT2D eigenvalue weighted by Gasteiger charge is 2.10. The van der Waals surface area contributed by atoms with E-state index in [1.54, 1.807) is 0 Å². The molecule has 0 aliphatic carbocycles. The lowest BCUT2D eigenvalue weighted by Gasteiger charge is -2.08. The number of nitrogens with two attached hydrogens (primary N) is 1. The van der Waals surface area contributed by atoms with Crippen LogP contribution in [0.5, 0.6) is 0 Å². The first kappa shape index (κ1) is 10.6. The highest BCUT2D eigenvalue weighted by molar-refractivity contribution is 5.94. The van der Waals surface area contributed by atoms with Gasteiger partial charge in [-0.1, -0.05) is 0 Å². The molecular weight excluding hydrogens is 190 g/mol. The predicted octanol–water partition coefficient (Wildman–Crippen LogP) is 1.25. The van der Waals surface area contributed by atoms with Crippen LogP contribution in [0.3, 0.4) is 0 Å². The Morgan fingerprint density at radius 2 is 2.14 bits per heavy atom. The van der Waals surface area contributed by atoms with Crippen molar-refractivity contribution in [2.45, 2.75) is 13.0 Å². The monoisotopic (exact) mass is 200 g/mol. The number of rotatable bonds is 2. The minimum Gasteiger partial charge on any atom is -0.322 e. The van der Waals surface area contributed by atoms with Crippen molar-refractivity contribution in [1.29, 1.82) is 0 Å². The molecule has 0 aliphatic rings. The molecule has 1 atom stereocenters. The normalized spacial score (nSPS) is 12.3. The molecule has 14 heavy (non-hydrogen) atoms. The molecule has 3 N–H and O–H groups in total. The van der Waals surface area contributed by atoms with Crippen LogP contribution in [0.4, 0.5) is 14.5 Å². The van der Waals surface area contributed by atoms with Crippen molar-refractivity contribution < 1.29 is 13.6 Å². The summed E-state index contributed by atoms with van der Waals surface area (Å²) >= 11 is 0. The molecule has 0 saturated carbocycles. The highest BCUT2D eigenvalue weighted by atomic mass is 19.1. The second kappa shape index (κ2) is 4.15. The van der Waals surface area contributed by atoms with Gasteiger partial charge in [-0.15, -0.1) is 0 Å². The van der Waals surface area contributed by atoms with Crippen molar-refractivity contribution in [2.75, 3.05) is 5.32 Å². The standard InChI is InChI=1S/C9H10F2N2O/c1-5(12)9(14)13-8-4-6(10)2-3-7(8)11/h2-5H,12H2,1H3,(H,13,14)/t5-/m0/s1. The molecule has 0 unspecified atom stereocenters. The van der Waals surface area contributed by atoms with Crippen LogP contribution in [0.2, 0.25) is 0 Å². The smallest absolute Gasteiger partial charge is 0.241 e. The molecule has 1 amide bonds. The lowest BCUT2D eigenvalue weighted by atomic mass is 10.2. The average Bonchev–Trinajstić information content (AvgIpc) is 2.11. The molecule has 0 radical (unpaired) electrons. The number of carbonyl (C=O) groups excluding carboxylic acids is 1. The van der Waals surface area contributed by atoms with Crippen molar-refractivity contribution in [1.82, 2.24) is 0 Å². The molecule has 0 spiro atoms. The van der Waals surface area contributed by atoms with E-state index in [-0.39, 0.29) is 5.69 Å². The van der Waals surface area contributed by atoms with Gasteiger partial charge in [0.25, 0.3) is 0 Å². The van der Waals surface area contributed by atoms with Gasteiger partial charge in [-0.2, -0.15) is 0 Å². The van der Waals surface area contributed by atoms with Gasteiger partial charge in [0.1, 0.15) is 11.6 Å². The molecule has 0 bridgehead atoms. The van der Waals surface area contributed by atoms with E-state index in [2.05, 4.69) is 5.32 Å². The number of benzene rings is 1. The number of carbonyl (C=O) groups is 1. The van der Waals surface area contributed by atoms with Crippen molar-refractivity contribution in [3.63, 3.8) is 0 Å². The van der Waals surface area contributed by atoms with Gasteiger partial charge in [-0.25, -0.2) is 8.78 Å². The fourth-order valence-corrected chi connectivity index (χ4v) is 0.840. The van der Waals surface area contributed by atoms with Crippen molar-refractivity contribution >= 4 is 11.6 Å². The van der Waals surface area contributed by atoms with Crippen LogP contribution in [0.1, 0.15) is 6.92 Å². The van der Waals surface area contributed by atoms with Crippen molar-refractivity contribution in [3.8, 4) is 0 Å². The van der Waals surface area contributed by atoms with E-state index >= 15 is 0 Å². The zero-order valence-electron chi connectivity index (χ0n) is 7.55. The van der Waals surface area contributed by atoms with E-state index < -0.39 is 23.6 Å². The summed E-state index contributed by atoms with van der Waals surface area (Å²) in [7, 11) is 0. The van der Waals surface area contributed by atoms with Crippen LogP contribution in [0, 0.1) is 11.6 Å². The third kappa shape index (κ3) is 2.50. The summed E-state index contributed by atoms with van der Waals surface area (Å²) in [4.78, 5) is 11.1. The number of hydrogen-bond donors (Lipinski definition) is 2.